The van der Waals surface area contributed by atoms with E-state index in [2.05, 4.69) is 54.0 Å². The minimum Gasteiger partial charge on any atom is -0.352 e. The van der Waals surface area contributed by atoms with E-state index in [-0.39, 0.29) is 12.4 Å². The molecule has 1 aromatic heterocycles. The number of hydrogen-bond donors (Lipinski definition) is 2. The van der Waals surface area contributed by atoms with Crippen molar-refractivity contribution in [3.8, 4) is 0 Å². The lowest BCUT2D eigenvalue weighted by atomic mass is 10.0. The van der Waals surface area contributed by atoms with Crippen molar-refractivity contribution < 1.29 is 0 Å². The van der Waals surface area contributed by atoms with Crippen LogP contribution in [0.1, 0.15) is 24.0 Å². The molecule has 1 saturated heterocycles. The van der Waals surface area contributed by atoms with Crippen LogP contribution < -0.4 is 10.6 Å². The molecule has 2 aliphatic heterocycles. The van der Waals surface area contributed by atoms with E-state index in [1.807, 2.05) is 0 Å². The van der Waals surface area contributed by atoms with Crippen LogP contribution >= 0.6 is 44.3 Å². The van der Waals surface area contributed by atoms with Gasteiger partial charge in [-0.25, -0.2) is 4.98 Å². The summed E-state index contributed by atoms with van der Waals surface area (Å²) >= 11 is 7.47. The third kappa shape index (κ3) is 2.48. The fourth-order valence-electron chi connectivity index (χ4n) is 3.46. The molecule has 1 aromatic carbocycles. The molecule has 4 rings (SSSR count). The summed E-state index contributed by atoms with van der Waals surface area (Å²) in [4.78, 5) is 4.92. The van der Waals surface area contributed by atoms with E-state index in [1.54, 1.807) is 0 Å². The summed E-state index contributed by atoms with van der Waals surface area (Å²) in [5.41, 5.74) is 5.04. The van der Waals surface area contributed by atoms with E-state index in [0.29, 0.717) is 6.04 Å². The Morgan fingerprint density at radius 3 is 2.86 bits per heavy atom. The first-order chi connectivity index (χ1) is 10.2. The van der Waals surface area contributed by atoms with Crippen LogP contribution in [0.5, 0.6) is 0 Å². The summed E-state index contributed by atoms with van der Waals surface area (Å²) in [6.07, 6.45) is 3.46. The smallest absolute Gasteiger partial charge is 0.204 e. The number of imidazole rings is 1. The van der Waals surface area contributed by atoms with Crippen LogP contribution in [0.15, 0.2) is 8.95 Å². The molecule has 0 unspecified atom stereocenters. The molecular formula is C15H19Br2ClN4. The quantitative estimate of drug-likeness (QED) is 0.727. The molecule has 22 heavy (non-hydrogen) atoms. The molecule has 2 aliphatic rings. The first kappa shape index (κ1) is 16.6. The molecule has 0 saturated carbocycles. The second-order valence-corrected chi connectivity index (χ2v) is 7.54. The minimum atomic E-state index is 0. The van der Waals surface area contributed by atoms with Crippen LogP contribution in [-0.4, -0.2) is 28.7 Å². The molecule has 0 radical (unpaired) electrons. The lowest BCUT2D eigenvalue weighted by Crippen LogP contribution is -2.24. The molecule has 1 fully saturated rings. The number of nitrogens with one attached hydrogen (secondary N) is 2. The number of rotatable bonds is 2. The zero-order valence-electron chi connectivity index (χ0n) is 12.4. The van der Waals surface area contributed by atoms with E-state index >= 15 is 0 Å². The maximum absolute atomic E-state index is 4.92. The van der Waals surface area contributed by atoms with Gasteiger partial charge in [0.2, 0.25) is 5.95 Å². The Hall–Kier alpha value is -0.300. The fourth-order valence-corrected chi connectivity index (χ4v) is 4.57. The summed E-state index contributed by atoms with van der Waals surface area (Å²) in [5.74, 6) is 1.03. The van der Waals surface area contributed by atoms with Crippen molar-refractivity contribution >= 4 is 61.2 Å². The van der Waals surface area contributed by atoms with E-state index in [4.69, 9.17) is 4.98 Å². The highest BCUT2D eigenvalue weighted by molar-refractivity contribution is 9.13. The first-order valence-corrected chi connectivity index (χ1v) is 9.09. The number of aryl methyl sites for hydroxylation is 3. The van der Waals surface area contributed by atoms with Crippen LogP contribution in [0.4, 0.5) is 5.95 Å². The predicted molar refractivity (Wildman–Crippen MR) is 100 cm³/mol. The SMILES string of the molecule is Cc1c(Br)c(Br)c2c3c1nc(N[C@@H]1CCNC1)n3CCC2.Cl. The van der Waals surface area contributed by atoms with Crippen LogP contribution in [0.25, 0.3) is 11.0 Å². The molecule has 2 N–H and O–H groups in total. The number of anilines is 1. The van der Waals surface area contributed by atoms with Crippen LogP contribution in [0.3, 0.4) is 0 Å². The van der Waals surface area contributed by atoms with Crippen molar-refractivity contribution in [2.24, 2.45) is 0 Å². The second kappa shape index (κ2) is 6.30. The second-order valence-electron chi connectivity index (χ2n) is 5.95. The molecule has 0 amide bonds. The van der Waals surface area contributed by atoms with Gasteiger partial charge >= 0.3 is 0 Å². The van der Waals surface area contributed by atoms with Gasteiger partial charge in [-0.2, -0.15) is 0 Å². The normalized spacial score (nSPS) is 20.2. The number of hydrogen-bond acceptors (Lipinski definition) is 3. The van der Waals surface area contributed by atoms with Crippen molar-refractivity contribution in [3.63, 3.8) is 0 Å². The van der Waals surface area contributed by atoms with Gasteiger partial charge in [0.05, 0.1) is 11.0 Å². The summed E-state index contributed by atoms with van der Waals surface area (Å²) in [5, 5.41) is 7.04. The van der Waals surface area contributed by atoms with Crippen molar-refractivity contribution in [2.75, 3.05) is 18.4 Å². The molecule has 0 bridgehead atoms. The predicted octanol–water partition coefficient (Wildman–Crippen LogP) is 4.01. The van der Waals surface area contributed by atoms with E-state index in [1.165, 1.54) is 34.0 Å². The van der Waals surface area contributed by atoms with Crippen molar-refractivity contribution in [2.45, 2.75) is 38.8 Å². The average Bonchev–Trinajstić information content (AvgIpc) is 3.12. The Labute approximate surface area is 153 Å². The number of benzene rings is 1. The monoisotopic (exact) mass is 448 g/mol. The average molecular weight is 451 g/mol. The van der Waals surface area contributed by atoms with Crippen LogP contribution in [0, 0.1) is 6.92 Å². The van der Waals surface area contributed by atoms with Gasteiger partial charge in [-0.05, 0) is 75.7 Å². The van der Waals surface area contributed by atoms with Gasteiger partial charge in [0.15, 0.2) is 0 Å². The van der Waals surface area contributed by atoms with Gasteiger partial charge in [-0.15, -0.1) is 12.4 Å². The van der Waals surface area contributed by atoms with E-state index < -0.39 is 0 Å². The van der Waals surface area contributed by atoms with Gasteiger partial charge in [0.1, 0.15) is 0 Å². The highest BCUT2D eigenvalue weighted by Crippen LogP contribution is 2.41. The Morgan fingerprint density at radius 2 is 2.14 bits per heavy atom. The molecule has 7 heteroatoms. The van der Waals surface area contributed by atoms with Gasteiger partial charge in [-0.3, -0.25) is 0 Å². The lowest BCUT2D eigenvalue weighted by Gasteiger charge is -2.20. The summed E-state index contributed by atoms with van der Waals surface area (Å²) < 4.78 is 4.71. The van der Waals surface area contributed by atoms with E-state index in [0.717, 1.165) is 42.0 Å². The zero-order valence-corrected chi connectivity index (χ0v) is 16.4. The number of halogens is 3. The Balaban J connectivity index is 0.00000144. The molecule has 3 heterocycles. The summed E-state index contributed by atoms with van der Waals surface area (Å²) in [6.45, 7) is 5.32. The van der Waals surface area contributed by atoms with Gasteiger partial charge in [-0.1, -0.05) is 0 Å². The molecule has 0 spiro atoms. The Bertz CT molecular complexity index is 722. The molecule has 1 atom stereocenters. The van der Waals surface area contributed by atoms with Crippen LogP contribution in [-0.2, 0) is 13.0 Å². The number of nitrogens with zero attached hydrogens (tertiary/aromatic N) is 2. The highest BCUT2D eigenvalue weighted by Gasteiger charge is 2.25. The highest BCUT2D eigenvalue weighted by atomic mass is 79.9. The minimum absolute atomic E-state index is 0. The van der Waals surface area contributed by atoms with E-state index in [9.17, 15) is 0 Å². The number of aromatic nitrogens is 2. The standard InChI is InChI=1S/C15H18Br2N4.ClH/c1-8-11(16)12(17)10-3-2-6-21-14(10)13(8)20-15(21)19-9-4-5-18-7-9;/h9,18H,2-7H2,1H3,(H,19,20);1H/t9-;/m1./s1. The summed E-state index contributed by atoms with van der Waals surface area (Å²) in [7, 11) is 0. The lowest BCUT2D eigenvalue weighted by molar-refractivity contribution is 0.627. The van der Waals surface area contributed by atoms with Crippen molar-refractivity contribution in [1.82, 2.24) is 14.9 Å². The molecule has 4 nitrogen and oxygen atoms in total. The van der Waals surface area contributed by atoms with Crippen LogP contribution in [0.2, 0.25) is 0 Å². The molecule has 0 aliphatic carbocycles. The Morgan fingerprint density at radius 1 is 1.32 bits per heavy atom. The van der Waals surface area contributed by atoms with Gasteiger partial charge in [0.25, 0.3) is 0 Å². The zero-order chi connectivity index (χ0) is 14.6. The van der Waals surface area contributed by atoms with Crippen molar-refractivity contribution in [1.29, 1.82) is 0 Å². The van der Waals surface area contributed by atoms with Crippen molar-refractivity contribution in [3.05, 3.63) is 20.1 Å². The Kier molecular flexibility index (Phi) is 4.74. The van der Waals surface area contributed by atoms with Gasteiger partial charge < -0.3 is 15.2 Å². The maximum atomic E-state index is 4.92. The van der Waals surface area contributed by atoms with Gasteiger partial charge in [0, 0.05) is 28.1 Å². The third-order valence-corrected chi connectivity index (χ3v) is 7.00. The largest absolute Gasteiger partial charge is 0.352 e. The molecular weight excluding hydrogens is 431 g/mol. The topological polar surface area (TPSA) is 41.9 Å². The molecule has 120 valence electrons. The first-order valence-electron chi connectivity index (χ1n) is 7.50. The fraction of sp³-hybridized carbons (Fsp3) is 0.533. The maximum Gasteiger partial charge on any atom is 0.204 e. The summed E-state index contributed by atoms with van der Waals surface area (Å²) in [6, 6.07) is 0.496. The molecule has 2 aromatic rings. The third-order valence-electron chi connectivity index (χ3n) is 4.60.